The molecule has 23 heavy (non-hydrogen) atoms. The van der Waals surface area contributed by atoms with E-state index >= 15 is 0 Å². The van der Waals surface area contributed by atoms with Crippen molar-refractivity contribution in [3.8, 4) is 0 Å². The molecule has 1 spiro atoms. The number of piperidine rings is 1. The average molecular weight is 337 g/mol. The van der Waals surface area contributed by atoms with E-state index in [1.165, 1.54) is 6.42 Å². The van der Waals surface area contributed by atoms with Crippen LogP contribution in [0.5, 0.6) is 0 Å². The van der Waals surface area contributed by atoms with Crippen LogP contribution in [0.3, 0.4) is 0 Å². The van der Waals surface area contributed by atoms with E-state index in [-0.39, 0.29) is 18.3 Å². The second-order valence-electron chi connectivity index (χ2n) is 6.56. The Morgan fingerprint density at radius 2 is 2.13 bits per heavy atom. The fraction of sp³-hybridized carbons (Fsp3) is 0.562. The Hall–Kier alpha value is -1.66. The van der Waals surface area contributed by atoms with E-state index in [1.54, 1.807) is 6.20 Å². The molecule has 1 N–H and O–H groups in total. The van der Waals surface area contributed by atoms with Crippen molar-refractivity contribution in [3.05, 3.63) is 23.5 Å². The topological polar surface area (TPSA) is 71.3 Å². The van der Waals surface area contributed by atoms with Crippen LogP contribution in [0.15, 0.2) is 16.8 Å². The summed E-state index contributed by atoms with van der Waals surface area (Å²) >= 11 is 0. The number of nitrogens with one attached hydrogen (secondary N) is 1. The van der Waals surface area contributed by atoms with Crippen molar-refractivity contribution in [3.63, 3.8) is 0 Å². The SMILES string of the molecule is Cc1noc2ncc(C(=O)N3CCC4(CCNC4)CC3)cc12.Cl. The molecule has 0 radical (unpaired) electrons. The van der Waals surface area contributed by atoms with Crippen molar-refractivity contribution < 1.29 is 9.32 Å². The lowest BCUT2D eigenvalue weighted by atomic mass is 9.78. The maximum Gasteiger partial charge on any atom is 0.257 e. The lowest BCUT2D eigenvalue weighted by Gasteiger charge is -2.38. The lowest BCUT2D eigenvalue weighted by molar-refractivity contribution is 0.0607. The number of aryl methyl sites for hydroxylation is 1. The third-order valence-corrected chi connectivity index (χ3v) is 5.20. The Morgan fingerprint density at radius 1 is 1.35 bits per heavy atom. The zero-order chi connectivity index (χ0) is 15.2. The number of nitrogens with zero attached hydrogens (tertiary/aromatic N) is 3. The highest BCUT2D eigenvalue weighted by molar-refractivity contribution is 5.97. The molecule has 124 valence electrons. The maximum absolute atomic E-state index is 12.7. The number of fused-ring (bicyclic) bond motifs is 1. The molecule has 0 atom stereocenters. The van der Waals surface area contributed by atoms with Crippen molar-refractivity contribution in [2.45, 2.75) is 26.2 Å². The first kappa shape index (κ1) is 16.2. The fourth-order valence-corrected chi connectivity index (χ4v) is 3.65. The van der Waals surface area contributed by atoms with Gasteiger partial charge in [-0.2, -0.15) is 0 Å². The number of hydrogen-bond donors (Lipinski definition) is 1. The summed E-state index contributed by atoms with van der Waals surface area (Å²) in [5.41, 5.74) is 2.30. The van der Waals surface area contributed by atoms with E-state index in [0.29, 0.717) is 16.7 Å². The van der Waals surface area contributed by atoms with Gasteiger partial charge in [0.25, 0.3) is 11.6 Å². The molecule has 0 aromatic carbocycles. The van der Waals surface area contributed by atoms with E-state index in [9.17, 15) is 4.79 Å². The fourth-order valence-electron chi connectivity index (χ4n) is 3.65. The van der Waals surface area contributed by atoms with Gasteiger partial charge in [-0.25, -0.2) is 4.98 Å². The Labute approximate surface area is 141 Å². The number of carbonyl (C=O) groups is 1. The minimum absolute atomic E-state index is 0. The Bertz CT molecular complexity index is 714. The molecule has 0 aliphatic carbocycles. The Morgan fingerprint density at radius 3 is 2.83 bits per heavy atom. The number of hydrogen-bond acceptors (Lipinski definition) is 5. The van der Waals surface area contributed by atoms with E-state index in [2.05, 4.69) is 15.5 Å². The first-order chi connectivity index (χ1) is 10.7. The van der Waals surface area contributed by atoms with Crippen LogP contribution in [-0.4, -0.2) is 47.1 Å². The zero-order valence-electron chi connectivity index (χ0n) is 13.2. The Kier molecular flexibility index (Phi) is 4.29. The molecule has 0 bridgehead atoms. The van der Waals surface area contributed by atoms with E-state index < -0.39 is 0 Å². The number of amides is 1. The van der Waals surface area contributed by atoms with E-state index in [0.717, 1.165) is 50.1 Å². The van der Waals surface area contributed by atoms with Gasteiger partial charge in [0.1, 0.15) is 0 Å². The molecule has 7 heteroatoms. The standard InChI is InChI=1S/C16H20N4O2.ClH/c1-11-13-8-12(9-18-14(13)22-19-11)15(21)20-6-3-16(4-7-20)2-5-17-10-16;/h8-9,17H,2-7,10H2,1H3;1H. The molecule has 4 heterocycles. The number of pyridine rings is 1. The van der Waals surface area contributed by atoms with Gasteiger partial charge in [0.05, 0.1) is 16.6 Å². The Balaban J connectivity index is 0.00000156. The third kappa shape index (κ3) is 2.81. The van der Waals surface area contributed by atoms with Crippen LogP contribution in [-0.2, 0) is 0 Å². The van der Waals surface area contributed by atoms with Crippen molar-refractivity contribution in [1.29, 1.82) is 0 Å². The molecular weight excluding hydrogens is 316 g/mol. The monoisotopic (exact) mass is 336 g/mol. The minimum Gasteiger partial charge on any atom is -0.339 e. The molecule has 0 unspecified atom stereocenters. The molecule has 2 aliphatic heterocycles. The largest absolute Gasteiger partial charge is 0.339 e. The highest BCUT2D eigenvalue weighted by Gasteiger charge is 2.38. The van der Waals surface area contributed by atoms with Crippen LogP contribution in [0.4, 0.5) is 0 Å². The molecule has 0 saturated carbocycles. The van der Waals surface area contributed by atoms with Gasteiger partial charge >= 0.3 is 0 Å². The van der Waals surface area contributed by atoms with Crippen molar-refractivity contribution in [2.75, 3.05) is 26.2 Å². The van der Waals surface area contributed by atoms with E-state index in [1.807, 2.05) is 17.9 Å². The predicted octanol–water partition coefficient (Wildman–Crippen LogP) is 2.17. The summed E-state index contributed by atoms with van der Waals surface area (Å²) in [6.07, 6.45) is 5.01. The average Bonchev–Trinajstić information content (AvgIpc) is 3.15. The minimum atomic E-state index is 0. The van der Waals surface area contributed by atoms with Crippen LogP contribution in [0.2, 0.25) is 0 Å². The maximum atomic E-state index is 12.7. The van der Waals surface area contributed by atoms with Crippen LogP contribution in [0, 0.1) is 12.3 Å². The second-order valence-corrected chi connectivity index (χ2v) is 6.56. The number of halogens is 1. The second kappa shape index (κ2) is 6.09. The smallest absolute Gasteiger partial charge is 0.257 e. The molecule has 6 nitrogen and oxygen atoms in total. The van der Waals surface area contributed by atoms with Crippen LogP contribution < -0.4 is 5.32 Å². The molecule has 2 fully saturated rings. The van der Waals surface area contributed by atoms with Gasteiger partial charge in [0, 0.05) is 25.8 Å². The highest BCUT2D eigenvalue weighted by atomic mass is 35.5. The van der Waals surface area contributed by atoms with Gasteiger partial charge in [-0.3, -0.25) is 4.79 Å². The third-order valence-electron chi connectivity index (χ3n) is 5.20. The van der Waals surface area contributed by atoms with Crippen molar-refractivity contribution in [2.24, 2.45) is 5.41 Å². The summed E-state index contributed by atoms with van der Waals surface area (Å²) in [7, 11) is 0. The normalized spacial score (nSPS) is 20.0. The van der Waals surface area contributed by atoms with Crippen LogP contribution in [0.25, 0.3) is 11.1 Å². The van der Waals surface area contributed by atoms with Crippen LogP contribution >= 0.6 is 12.4 Å². The molecule has 2 aliphatic rings. The summed E-state index contributed by atoms with van der Waals surface area (Å²) in [5, 5.41) is 8.16. The van der Waals surface area contributed by atoms with Gasteiger partial charge < -0.3 is 14.7 Å². The first-order valence-electron chi connectivity index (χ1n) is 7.89. The zero-order valence-corrected chi connectivity index (χ0v) is 14.0. The number of likely N-dealkylation sites (tertiary alicyclic amines) is 1. The van der Waals surface area contributed by atoms with E-state index in [4.69, 9.17) is 4.52 Å². The number of aromatic nitrogens is 2. The van der Waals surface area contributed by atoms with Gasteiger partial charge in [-0.1, -0.05) is 5.16 Å². The summed E-state index contributed by atoms with van der Waals surface area (Å²) in [6, 6.07) is 1.85. The summed E-state index contributed by atoms with van der Waals surface area (Å²) in [4.78, 5) is 18.9. The number of rotatable bonds is 1. The molecule has 2 saturated heterocycles. The van der Waals surface area contributed by atoms with Gasteiger partial charge in [0.15, 0.2) is 0 Å². The number of carbonyl (C=O) groups excluding carboxylic acids is 1. The molecule has 2 aromatic heterocycles. The first-order valence-corrected chi connectivity index (χ1v) is 7.89. The highest BCUT2D eigenvalue weighted by Crippen LogP contribution is 2.37. The molecule has 4 rings (SSSR count). The molecule has 1 amide bonds. The lowest BCUT2D eigenvalue weighted by Crippen LogP contribution is -2.44. The summed E-state index contributed by atoms with van der Waals surface area (Å²) in [6.45, 7) is 5.74. The van der Waals surface area contributed by atoms with Gasteiger partial charge in [-0.15, -0.1) is 12.4 Å². The quantitative estimate of drug-likeness (QED) is 0.864. The molecule has 2 aromatic rings. The van der Waals surface area contributed by atoms with Gasteiger partial charge in [0.2, 0.25) is 0 Å². The summed E-state index contributed by atoms with van der Waals surface area (Å²) in [5.74, 6) is 0.0656. The van der Waals surface area contributed by atoms with Crippen molar-refractivity contribution in [1.82, 2.24) is 20.4 Å². The van der Waals surface area contributed by atoms with Gasteiger partial charge in [-0.05, 0) is 44.2 Å². The van der Waals surface area contributed by atoms with Crippen LogP contribution in [0.1, 0.15) is 35.3 Å². The van der Waals surface area contributed by atoms with Crippen molar-refractivity contribution >= 4 is 29.4 Å². The molecular formula is C16H21ClN4O2. The predicted molar refractivity (Wildman–Crippen MR) is 88.8 cm³/mol. The summed E-state index contributed by atoms with van der Waals surface area (Å²) < 4.78 is 5.10.